The highest BCUT2D eigenvalue weighted by atomic mass is 19.1. The zero-order valence-corrected chi connectivity index (χ0v) is 15.9. The molecule has 1 N–H and O–H groups in total. The van der Waals surface area contributed by atoms with Crippen molar-refractivity contribution >= 4 is 5.91 Å². The number of likely N-dealkylation sites (tertiary alicyclic amines) is 1. The van der Waals surface area contributed by atoms with Crippen LogP contribution in [0.25, 0.3) is 0 Å². The summed E-state index contributed by atoms with van der Waals surface area (Å²) < 4.78 is 13.4. The standard InChI is InChI=1S/C22H30FNO2/c1-15-9-17(3-4-19(15)23)10-16-5-7-22(8-6-16)13-24(14-22)20(25)18-11-21(2,26)12-18/h3-4,9,16,18,26H,5-8,10-14H2,1-2H3. The number of carbonyl (C=O) groups is 1. The molecule has 2 saturated carbocycles. The lowest BCUT2D eigenvalue weighted by Gasteiger charge is -2.55. The van der Waals surface area contributed by atoms with Crippen LogP contribution in [0.1, 0.15) is 56.6 Å². The van der Waals surface area contributed by atoms with E-state index in [1.54, 1.807) is 6.07 Å². The summed E-state index contributed by atoms with van der Waals surface area (Å²) in [4.78, 5) is 14.5. The Morgan fingerprint density at radius 1 is 1.27 bits per heavy atom. The van der Waals surface area contributed by atoms with Crippen molar-refractivity contribution in [1.29, 1.82) is 0 Å². The first-order valence-corrected chi connectivity index (χ1v) is 10.0. The molecule has 0 atom stereocenters. The van der Waals surface area contributed by atoms with Crippen LogP contribution in [0.5, 0.6) is 0 Å². The van der Waals surface area contributed by atoms with Crippen LogP contribution in [-0.4, -0.2) is 34.6 Å². The first-order valence-electron chi connectivity index (χ1n) is 10.0. The molecule has 1 aliphatic heterocycles. The van der Waals surface area contributed by atoms with Crippen molar-refractivity contribution in [3.05, 3.63) is 35.1 Å². The number of benzene rings is 1. The smallest absolute Gasteiger partial charge is 0.225 e. The Labute approximate surface area is 155 Å². The molecule has 2 aliphatic carbocycles. The van der Waals surface area contributed by atoms with Gasteiger partial charge in [-0.2, -0.15) is 0 Å². The molecular weight excluding hydrogens is 329 g/mol. The van der Waals surface area contributed by atoms with E-state index in [0.29, 0.717) is 24.2 Å². The molecule has 1 spiro atoms. The van der Waals surface area contributed by atoms with Crippen molar-refractivity contribution in [3.8, 4) is 0 Å². The van der Waals surface area contributed by atoms with Crippen molar-refractivity contribution in [2.75, 3.05) is 13.1 Å². The maximum Gasteiger partial charge on any atom is 0.225 e. The normalized spacial score (nSPS) is 30.8. The molecule has 4 rings (SSSR count). The van der Waals surface area contributed by atoms with E-state index in [9.17, 15) is 14.3 Å². The summed E-state index contributed by atoms with van der Waals surface area (Å²) in [5.74, 6) is 0.854. The molecule has 0 aromatic heterocycles. The molecule has 1 amide bonds. The van der Waals surface area contributed by atoms with Gasteiger partial charge in [-0.1, -0.05) is 12.1 Å². The van der Waals surface area contributed by atoms with E-state index in [0.717, 1.165) is 25.1 Å². The largest absolute Gasteiger partial charge is 0.390 e. The van der Waals surface area contributed by atoms with Gasteiger partial charge in [0.25, 0.3) is 0 Å². The lowest BCUT2D eigenvalue weighted by atomic mass is 9.64. The van der Waals surface area contributed by atoms with Crippen molar-refractivity contribution in [1.82, 2.24) is 4.90 Å². The number of rotatable bonds is 3. The van der Waals surface area contributed by atoms with Crippen LogP contribution in [0.4, 0.5) is 4.39 Å². The molecule has 1 saturated heterocycles. The second-order valence-corrected chi connectivity index (χ2v) is 9.53. The minimum absolute atomic E-state index is 0.0420. The Kier molecular flexibility index (Phi) is 4.37. The third kappa shape index (κ3) is 3.40. The van der Waals surface area contributed by atoms with E-state index in [1.807, 2.05) is 30.9 Å². The summed E-state index contributed by atoms with van der Waals surface area (Å²) in [5.41, 5.74) is 1.70. The molecule has 3 aliphatic rings. The Bertz CT molecular complexity index is 690. The van der Waals surface area contributed by atoms with Crippen LogP contribution in [0.15, 0.2) is 18.2 Å². The SMILES string of the molecule is Cc1cc(CC2CCC3(CC2)CN(C(=O)C2CC(C)(O)C2)C3)ccc1F. The molecular formula is C22H30FNO2. The van der Waals surface area contributed by atoms with Gasteiger partial charge in [-0.25, -0.2) is 4.39 Å². The fourth-order valence-electron chi connectivity index (χ4n) is 5.33. The number of aryl methyl sites for hydroxylation is 1. The Hall–Kier alpha value is -1.42. The van der Waals surface area contributed by atoms with Gasteiger partial charge >= 0.3 is 0 Å². The average molecular weight is 359 g/mol. The van der Waals surface area contributed by atoms with Crippen molar-refractivity contribution in [2.24, 2.45) is 17.3 Å². The highest BCUT2D eigenvalue weighted by Crippen LogP contribution is 2.48. The topological polar surface area (TPSA) is 40.5 Å². The molecule has 26 heavy (non-hydrogen) atoms. The van der Waals surface area contributed by atoms with Gasteiger partial charge in [0, 0.05) is 24.4 Å². The van der Waals surface area contributed by atoms with Gasteiger partial charge in [-0.05, 0) is 81.9 Å². The zero-order chi connectivity index (χ0) is 18.5. The number of hydrogen-bond acceptors (Lipinski definition) is 2. The van der Waals surface area contributed by atoms with Gasteiger partial charge in [-0.15, -0.1) is 0 Å². The van der Waals surface area contributed by atoms with Crippen LogP contribution >= 0.6 is 0 Å². The predicted molar refractivity (Wildman–Crippen MR) is 99.2 cm³/mol. The molecule has 0 bridgehead atoms. The molecule has 1 aromatic carbocycles. The van der Waals surface area contributed by atoms with E-state index in [2.05, 4.69) is 0 Å². The van der Waals surface area contributed by atoms with Crippen LogP contribution in [0, 0.1) is 30.0 Å². The monoisotopic (exact) mass is 359 g/mol. The fraction of sp³-hybridized carbons (Fsp3) is 0.682. The molecule has 1 heterocycles. The van der Waals surface area contributed by atoms with Gasteiger partial charge < -0.3 is 10.0 Å². The molecule has 3 fully saturated rings. The summed E-state index contributed by atoms with van der Waals surface area (Å²) >= 11 is 0. The van der Waals surface area contributed by atoms with Gasteiger partial charge in [0.05, 0.1) is 5.60 Å². The quantitative estimate of drug-likeness (QED) is 0.890. The molecule has 1 aromatic rings. The highest BCUT2D eigenvalue weighted by Gasteiger charge is 2.51. The molecule has 0 unspecified atom stereocenters. The van der Waals surface area contributed by atoms with Crippen molar-refractivity contribution in [3.63, 3.8) is 0 Å². The Morgan fingerprint density at radius 2 is 1.92 bits per heavy atom. The summed E-state index contributed by atoms with van der Waals surface area (Å²) in [6.07, 6.45) is 7.08. The Morgan fingerprint density at radius 3 is 2.50 bits per heavy atom. The lowest BCUT2D eigenvalue weighted by molar-refractivity contribution is -0.163. The van der Waals surface area contributed by atoms with Gasteiger partial charge in [-0.3, -0.25) is 4.79 Å². The summed E-state index contributed by atoms with van der Waals surface area (Å²) in [7, 11) is 0. The van der Waals surface area contributed by atoms with Crippen LogP contribution in [-0.2, 0) is 11.2 Å². The number of amides is 1. The summed E-state index contributed by atoms with van der Waals surface area (Å²) in [5, 5.41) is 9.84. The maximum atomic E-state index is 13.4. The number of hydrogen-bond donors (Lipinski definition) is 1. The molecule has 4 heteroatoms. The van der Waals surface area contributed by atoms with Gasteiger partial charge in [0.1, 0.15) is 5.82 Å². The predicted octanol–water partition coefficient (Wildman–Crippen LogP) is 3.86. The molecule has 3 nitrogen and oxygen atoms in total. The fourth-order valence-corrected chi connectivity index (χ4v) is 5.33. The zero-order valence-electron chi connectivity index (χ0n) is 15.9. The first kappa shape index (κ1) is 18.0. The second kappa shape index (κ2) is 6.33. The number of nitrogens with zero attached hydrogens (tertiary/aromatic N) is 1. The third-order valence-corrected chi connectivity index (χ3v) is 7.00. The summed E-state index contributed by atoms with van der Waals surface area (Å²) in [6, 6.07) is 5.49. The highest BCUT2D eigenvalue weighted by molar-refractivity contribution is 5.81. The van der Waals surface area contributed by atoms with Crippen molar-refractivity contribution < 1.29 is 14.3 Å². The van der Waals surface area contributed by atoms with Gasteiger partial charge in [0.15, 0.2) is 0 Å². The van der Waals surface area contributed by atoms with E-state index >= 15 is 0 Å². The van der Waals surface area contributed by atoms with Crippen LogP contribution < -0.4 is 0 Å². The molecule has 142 valence electrons. The third-order valence-electron chi connectivity index (χ3n) is 7.00. The summed E-state index contributed by atoms with van der Waals surface area (Å²) in [6.45, 7) is 5.47. The number of carbonyl (C=O) groups excluding carboxylic acids is 1. The van der Waals surface area contributed by atoms with Gasteiger partial charge in [0.2, 0.25) is 5.91 Å². The Balaban J connectivity index is 1.24. The van der Waals surface area contributed by atoms with E-state index in [4.69, 9.17) is 0 Å². The van der Waals surface area contributed by atoms with E-state index in [-0.39, 0.29) is 17.6 Å². The first-order chi connectivity index (χ1) is 12.3. The lowest BCUT2D eigenvalue weighted by Crippen LogP contribution is -2.62. The second-order valence-electron chi connectivity index (χ2n) is 9.53. The van der Waals surface area contributed by atoms with Crippen molar-refractivity contribution in [2.45, 2.75) is 64.4 Å². The van der Waals surface area contributed by atoms with Crippen LogP contribution in [0.2, 0.25) is 0 Å². The minimum Gasteiger partial charge on any atom is -0.390 e. The minimum atomic E-state index is -0.625. The van der Waals surface area contributed by atoms with E-state index in [1.165, 1.54) is 31.2 Å². The van der Waals surface area contributed by atoms with Crippen LogP contribution in [0.3, 0.4) is 0 Å². The average Bonchev–Trinajstić information content (AvgIpc) is 2.54. The maximum absolute atomic E-state index is 13.4. The molecule has 0 radical (unpaired) electrons. The van der Waals surface area contributed by atoms with E-state index < -0.39 is 5.60 Å². The number of aliphatic hydroxyl groups is 1. The number of halogens is 1.